The Balaban J connectivity index is 2.50. The summed E-state index contributed by atoms with van der Waals surface area (Å²) in [6.07, 6.45) is 11.6. The second-order valence-electron chi connectivity index (χ2n) is 8.07. The number of benzene rings is 1. The average Bonchev–Trinajstić information content (AvgIpc) is 2.77. The Hall–Kier alpha value is -2.43. The third-order valence-electron chi connectivity index (χ3n) is 5.59. The normalized spacial score (nSPS) is 11.8. The molecule has 0 aliphatic rings. The first-order chi connectivity index (χ1) is 15.1. The van der Waals surface area contributed by atoms with E-state index in [1.54, 1.807) is 0 Å². The van der Waals surface area contributed by atoms with Gasteiger partial charge in [-0.15, -0.1) is 0 Å². The topological polar surface area (TPSA) is 66.5 Å². The first kappa shape index (κ1) is 24.8. The van der Waals surface area contributed by atoms with Crippen LogP contribution < -0.4 is 20.8 Å². The molecule has 0 spiro atoms. The minimum Gasteiger partial charge on any atom is -0.485 e. The predicted molar refractivity (Wildman–Crippen MR) is 131 cm³/mol. The van der Waals surface area contributed by atoms with Gasteiger partial charge in [-0.3, -0.25) is 4.79 Å². The molecule has 31 heavy (non-hydrogen) atoms. The molecule has 0 bridgehead atoms. The van der Waals surface area contributed by atoms with Crippen molar-refractivity contribution in [2.75, 3.05) is 12.3 Å². The largest absolute Gasteiger partial charge is 0.485 e. The van der Waals surface area contributed by atoms with Gasteiger partial charge < -0.3 is 19.8 Å². The van der Waals surface area contributed by atoms with Crippen LogP contribution in [-0.4, -0.2) is 11.2 Å². The molecule has 0 saturated carbocycles. The molecule has 5 heteroatoms. The average molecular weight is 429 g/mol. The van der Waals surface area contributed by atoms with Crippen molar-refractivity contribution in [3.05, 3.63) is 40.4 Å². The van der Waals surface area contributed by atoms with Gasteiger partial charge in [0.2, 0.25) is 5.75 Å². The van der Waals surface area contributed by atoms with Gasteiger partial charge in [-0.25, -0.2) is 0 Å². The van der Waals surface area contributed by atoms with E-state index in [9.17, 15) is 4.79 Å². The summed E-state index contributed by atoms with van der Waals surface area (Å²) < 4.78 is 14.1. The summed E-state index contributed by atoms with van der Waals surface area (Å²) in [7, 11) is 0. The number of ether oxygens (including phenoxy) is 2. The standard InChI is InChI=1S/C26H40N2O3/c1-5-9-11-12-13-14-17-28-23-19-20(27)15-16-22(23)24(31-21(7-3)8-4)25(26(28)29)30-18-10-6-2/h7,15-16,19H,5-6,8-14,17-18,27H2,1-4H3. The number of anilines is 1. The Kier molecular flexibility index (Phi) is 10.5. The quantitative estimate of drug-likeness (QED) is 0.204. The van der Waals surface area contributed by atoms with Gasteiger partial charge >= 0.3 is 0 Å². The van der Waals surface area contributed by atoms with Gasteiger partial charge in [-0.1, -0.05) is 59.3 Å². The molecule has 0 aliphatic heterocycles. The van der Waals surface area contributed by atoms with Gasteiger partial charge in [0, 0.05) is 24.0 Å². The number of rotatable bonds is 14. The molecule has 2 rings (SSSR count). The third kappa shape index (κ3) is 6.78. The predicted octanol–water partition coefficient (Wildman–Crippen LogP) is 6.82. The molecule has 1 aromatic heterocycles. The van der Waals surface area contributed by atoms with E-state index in [1.807, 2.05) is 42.7 Å². The van der Waals surface area contributed by atoms with Gasteiger partial charge in [0.1, 0.15) is 0 Å². The minimum absolute atomic E-state index is 0.135. The van der Waals surface area contributed by atoms with Crippen LogP contribution in [0.2, 0.25) is 0 Å². The van der Waals surface area contributed by atoms with Crippen molar-refractivity contribution in [3.8, 4) is 11.5 Å². The fraction of sp³-hybridized carbons (Fsp3) is 0.577. The van der Waals surface area contributed by atoms with Crippen LogP contribution in [0.5, 0.6) is 11.5 Å². The fourth-order valence-electron chi connectivity index (χ4n) is 3.70. The summed E-state index contributed by atoms with van der Waals surface area (Å²) in [6, 6.07) is 5.66. The zero-order valence-corrected chi connectivity index (χ0v) is 19.8. The molecule has 0 saturated heterocycles. The highest BCUT2D eigenvalue weighted by atomic mass is 16.5. The Morgan fingerprint density at radius 3 is 2.39 bits per heavy atom. The first-order valence-electron chi connectivity index (χ1n) is 12.0. The molecular formula is C26H40N2O3. The van der Waals surface area contributed by atoms with Crippen molar-refractivity contribution in [1.82, 2.24) is 4.57 Å². The molecule has 1 heterocycles. The lowest BCUT2D eigenvalue weighted by molar-refractivity contribution is 0.283. The maximum atomic E-state index is 13.5. The maximum absolute atomic E-state index is 13.5. The number of allylic oxidation sites excluding steroid dienone is 2. The van der Waals surface area contributed by atoms with Crippen molar-refractivity contribution in [2.24, 2.45) is 0 Å². The smallest absolute Gasteiger partial charge is 0.297 e. The van der Waals surface area contributed by atoms with Crippen molar-refractivity contribution in [3.63, 3.8) is 0 Å². The molecule has 2 N–H and O–H groups in total. The number of aromatic nitrogens is 1. The van der Waals surface area contributed by atoms with E-state index >= 15 is 0 Å². The Morgan fingerprint density at radius 1 is 1.00 bits per heavy atom. The van der Waals surface area contributed by atoms with E-state index in [0.717, 1.165) is 48.8 Å². The Labute approximate surface area is 187 Å². The van der Waals surface area contributed by atoms with E-state index < -0.39 is 0 Å². The third-order valence-corrected chi connectivity index (χ3v) is 5.59. The number of nitrogens with zero attached hydrogens (tertiary/aromatic N) is 1. The number of hydrogen-bond acceptors (Lipinski definition) is 4. The molecule has 0 fully saturated rings. The lowest BCUT2D eigenvalue weighted by atomic mass is 10.1. The monoisotopic (exact) mass is 428 g/mol. The molecule has 172 valence electrons. The summed E-state index contributed by atoms with van der Waals surface area (Å²) in [5.74, 6) is 1.63. The zero-order valence-electron chi connectivity index (χ0n) is 19.8. The number of hydrogen-bond donors (Lipinski definition) is 1. The highest BCUT2D eigenvalue weighted by Gasteiger charge is 2.21. The summed E-state index contributed by atoms with van der Waals surface area (Å²) in [5.41, 5.74) is 7.40. The molecule has 0 unspecified atom stereocenters. The fourth-order valence-corrected chi connectivity index (χ4v) is 3.70. The van der Waals surface area contributed by atoms with E-state index in [1.165, 1.54) is 25.7 Å². The molecule has 0 amide bonds. The Bertz CT molecular complexity index is 915. The number of pyridine rings is 1. The number of nitrogen functional groups attached to an aromatic ring is 1. The zero-order chi connectivity index (χ0) is 22.6. The first-order valence-corrected chi connectivity index (χ1v) is 12.0. The molecule has 0 aliphatic carbocycles. The molecule has 1 aromatic carbocycles. The van der Waals surface area contributed by atoms with Crippen LogP contribution in [0, 0.1) is 0 Å². The van der Waals surface area contributed by atoms with Gasteiger partial charge in [-0.05, 0) is 44.0 Å². The van der Waals surface area contributed by atoms with Crippen LogP contribution >= 0.6 is 0 Å². The van der Waals surface area contributed by atoms with Crippen LogP contribution in [0.15, 0.2) is 34.8 Å². The second kappa shape index (κ2) is 13.1. The van der Waals surface area contributed by atoms with Crippen molar-refractivity contribution >= 4 is 16.6 Å². The Morgan fingerprint density at radius 2 is 1.71 bits per heavy atom. The van der Waals surface area contributed by atoms with E-state index in [-0.39, 0.29) is 5.56 Å². The summed E-state index contributed by atoms with van der Waals surface area (Å²) in [4.78, 5) is 13.5. The van der Waals surface area contributed by atoms with Gasteiger partial charge in [0.15, 0.2) is 5.75 Å². The highest BCUT2D eigenvalue weighted by molar-refractivity contribution is 5.90. The van der Waals surface area contributed by atoms with Crippen LogP contribution in [0.4, 0.5) is 5.69 Å². The number of nitrogens with two attached hydrogens (primary N) is 1. The lowest BCUT2D eigenvalue weighted by Crippen LogP contribution is -2.24. The van der Waals surface area contributed by atoms with Crippen LogP contribution in [0.3, 0.4) is 0 Å². The molecule has 5 nitrogen and oxygen atoms in total. The van der Waals surface area contributed by atoms with E-state index in [0.29, 0.717) is 30.3 Å². The molecule has 0 atom stereocenters. The van der Waals surface area contributed by atoms with Crippen molar-refractivity contribution in [2.45, 2.75) is 92.0 Å². The maximum Gasteiger partial charge on any atom is 0.297 e. The second-order valence-corrected chi connectivity index (χ2v) is 8.07. The van der Waals surface area contributed by atoms with Crippen LogP contribution in [0.1, 0.15) is 85.5 Å². The SMILES string of the molecule is CC=C(CC)Oc1c(OCCCC)c(=O)n(CCCCCCCC)c2cc(N)ccc12. The lowest BCUT2D eigenvalue weighted by Gasteiger charge is -2.19. The minimum atomic E-state index is -0.135. The number of unbranched alkanes of at least 4 members (excludes halogenated alkanes) is 6. The highest BCUT2D eigenvalue weighted by Crippen LogP contribution is 2.36. The summed E-state index contributed by atoms with van der Waals surface area (Å²) >= 11 is 0. The molecular weight excluding hydrogens is 388 g/mol. The van der Waals surface area contributed by atoms with Crippen LogP contribution in [-0.2, 0) is 6.54 Å². The van der Waals surface area contributed by atoms with Crippen LogP contribution in [0.25, 0.3) is 10.9 Å². The van der Waals surface area contributed by atoms with Gasteiger partial charge in [0.05, 0.1) is 17.9 Å². The molecule has 0 radical (unpaired) electrons. The van der Waals surface area contributed by atoms with Gasteiger partial charge in [0.25, 0.3) is 5.56 Å². The van der Waals surface area contributed by atoms with Gasteiger partial charge in [-0.2, -0.15) is 0 Å². The summed E-state index contributed by atoms with van der Waals surface area (Å²) in [6.45, 7) is 9.45. The summed E-state index contributed by atoms with van der Waals surface area (Å²) in [5, 5.41) is 0.860. The van der Waals surface area contributed by atoms with E-state index in [2.05, 4.69) is 13.8 Å². The number of fused-ring (bicyclic) bond motifs is 1. The number of aryl methyl sites for hydroxylation is 1. The van der Waals surface area contributed by atoms with Crippen molar-refractivity contribution < 1.29 is 9.47 Å². The van der Waals surface area contributed by atoms with E-state index in [4.69, 9.17) is 15.2 Å². The van der Waals surface area contributed by atoms with Crippen molar-refractivity contribution in [1.29, 1.82) is 0 Å². The molecule has 2 aromatic rings.